The zero-order valence-corrected chi connectivity index (χ0v) is 20.8. The van der Waals surface area contributed by atoms with Crippen LogP contribution in [-0.2, 0) is 19.1 Å². The average molecular weight is 476 g/mol. The first-order valence-corrected chi connectivity index (χ1v) is 11.9. The molecule has 1 aliphatic heterocycles. The second-order valence-corrected chi connectivity index (χ2v) is 9.48. The second kappa shape index (κ2) is 11.7. The lowest BCUT2D eigenvalue weighted by Crippen LogP contribution is -2.48. The molecule has 0 unspecified atom stereocenters. The number of rotatable bonds is 6. The van der Waals surface area contributed by atoms with Crippen LogP contribution in [0.2, 0.25) is 0 Å². The van der Waals surface area contributed by atoms with Crippen LogP contribution in [0.15, 0.2) is 18.2 Å². The van der Waals surface area contributed by atoms with Gasteiger partial charge in [0.05, 0.1) is 17.7 Å². The van der Waals surface area contributed by atoms with E-state index in [4.69, 9.17) is 14.2 Å². The van der Waals surface area contributed by atoms with Gasteiger partial charge >= 0.3 is 0 Å². The quantitative estimate of drug-likeness (QED) is 0.679. The van der Waals surface area contributed by atoms with Crippen molar-refractivity contribution in [2.24, 2.45) is 11.8 Å². The normalized spacial score (nSPS) is 23.9. The molecule has 0 radical (unpaired) electrons. The number of anilines is 1. The Bertz CT molecular complexity index is 887. The van der Waals surface area contributed by atoms with Gasteiger partial charge in [0.15, 0.2) is 0 Å². The highest BCUT2D eigenvalue weighted by Gasteiger charge is 2.33. The van der Waals surface area contributed by atoms with Crippen LogP contribution in [0.25, 0.3) is 0 Å². The number of methoxy groups -OCH3 is 2. The molecule has 1 heterocycles. The van der Waals surface area contributed by atoms with E-state index >= 15 is 0 Å². The number of nitrogens with one attached hydrogen (secondary N) is 1. The fourth-order valence-corrected chi connectivity index (χ4v) is 4.22. The van der Waals surface area contributed by atoms with Gasteiger partial charge in [0, 0.05) is 52.4 Å². The number of ether oxygens (including phenoxy) is 3. The summed E-state index contributed by atoms with van der Waals surface area (Å²) >= 11 is 0. The summed E-state index contributed by atoms with van der Waals surface area (Å²) in [5, 5.41) is 2.73. The Morgan fingerprint density at radius 2 is 1.91 bits per heavy atom. The predicted molar refractivity (Wildman–Crippen MR) is 128 cm³/mol. The summed E-state index contributed by atoms with van der Waals surface area (Å²) in [6.45, 7) is 5.07. The minimum atomic E-state index is -0.316. The summed E-state index contributed by atoms with van der Waals surface area (Å²) in [6.07, 6.45) is 2.55. The van der Waals surface area contributed by atoms with Crippen LogP contribution in [0.4, 0.5) is 5.69 Å². The number of amides is 3. The lowest BCUT2D eigenvalue weighted by Gasteiger charge is -2.36. The molecule has 188 valence electrons. The Morgan fingerprint density at radius 3 is 2.56 bits per heavy atom. The van der Waals surface area contributed by atoms with Crippen molar-refractivity contribution in [3.8, 4) is 5.75 Å². The van der Waals surface area contributed by atoms with Crippen LogP contribution < -0.4 is 10.1 Å². The summed E-state index contributed by atoms with van der Waals surface area (Å²) in [7, 11) is 4.79. The van der Waals surface area contributed by atoms with Crippen LogP contribution in [0.5, 0.6) is 5.75 Å². The summed E-state index contributed by atoms with van der Waals surface area (Å²) in [5.74, 6) is 0.506. The third-order valence-corrected chi connectivity index (χ3v) is 6.48. The average Bonchev–Trinajstić information content (AvgIpc) is 3.62. The Labute approximate surface area is 201 Å². The Morgan fingerprint density at radius 1 is 1.18 bits per heavy atom. The van der Waals surface area contributed by atoms with Gasteiger partial charge in [-0.2, -0.15) is 0 Å². The minimum absolute atomic E-state index is 0.0180. The SMILES string of the molecule is COCC(=O)Nc1ccc2c(c1)C(=O)N(C)C[C@@H](OC)[C@H](C)CN(C(=O)CC1CC1)[C@H](C)CO2. The fraction of sp³-hybridized carbons (Fsp3) is 0.640. The Balaban J connectivity index is 1.90. The number of benzene rings is 1. The van der Waals surface area contributed by atoms with Crippen LogP contribution in [0.3, 0.4) is 0 Å². The number of nitrogens with zero attached hydrogens (tertiary/aromatic N) is 2. The van der Waals surface area contributed by atoms with Gasteiger partial charge in [-0.05, 0) is 43.9 Å². The van der Waals surface area contributed by atoms with Crippen molar-refractivity contribution >= 4 is 23.4 Å². The number of likely N-dealkylation sites (N-methyl/N-ethyl adjacent to an activating group) is 1. The van der Waals surface area contributed by atoms with E-state index in [-0.39, 0.29) is 49.0 Å². The van der Waals surface area contributed by atoms with Crippen LogP contribution in [0.1, 0.15) is 43.5 Å². The second-order valence-electron chi connectivity index (χ2n) is 9.48. The number of carbonyl (C=O) groups excluding carboxylic acids is 3. The zero-order valence-electron chi connectivity index (χ0n) is 20.8. The van der Waals surface area contributed by atoms with E-state index in [9.17, 15) is 14.4 Å². The third-order valence-electron chi connectivity index (χ3n) is 6.48. The number of carbonyl (C=O) groups is 3. The van der Waals surface area contributed by atoms with Crippen molar-refractivity contribution in [3.63, 3.8) is 0 Å². The van der Waals surface area contributed by atoms with Crippen LogP contribution in [0, 0.1) is 11.8 Å². The van der Waals surface area contributed by atoms with Gasteiger partial charge in [0.1, 0.15) is 19.0 Å². The van der Waals surface area contributed by atoms with Crippen molar-refractivity contribution in [2.75, 3.05) is 52.9 Å². The molecule has 0 spiro atoms. The molecule has 9 nitrogen and oxygen atoms in total. The van der Waals surface area contributed by atoms with Gasteiger partial charge in [-0.3, -0.25) is 14.4 Å². The van der Waals surface area contributed by atoms with Crippen molar-refractivity contribution < 1.29 is 28.6 Å². The van der Waals surface area contributed by atoms with Gasteiger partial charge in [-0.25, -0.2) is 0 Å². The van der Waals surface area contributed by atoms with E-state index in [0.717, 1.165) is 12.8 Å². The largest absolute Gasteiger partial charge is 0.491 e. The van der Waals surface area contributed by atoms with Gasteiger partial charge in [0.2, 0.25) is 11.8 Å². The first kappa shape index (κ1) is 26.0. The van der Waals surface area contributed by atoms with E-state index in [1.807, 2.05) is 18.7 Å². The van der Waals surface area contributed by atoms with Crippen molar-refractivity contribution in [2.45, 2.75) is 45.3 Å². The van der Waals surface area contributed by atoms with Crippen molar-refractivity contribution in [1.29, 1.82) is 0 Å². The summed E-state index contributed by atoms with van der Waals surface area (Å²) in [4.78, 5) is 41.9. The highest BCUT2D eigenvalue weighted by atomic mass is 16.5. The molecule has 3 amide bonds. The molecular weight excluding hydrogens is 438 g/mol. The molecule has 1 aliphatic carbocycles. The molecule has 3 atom stereocenters. The molecule has 1 saturated carbocycles. The van der Waals surface area contributed by atoms with E-state index in [1.165, 1.54) is 7.11 Å². The fourth-order valence-electron chi connectivity index (χ4n) is 4.22. The van der Waals surface area contributed by atoms with E-state index < -0.39 is 0 Å². The highest BCUT2D eigenvalue weighted by Crippen LogP contribution is 2.33. The lowest BCUT2D eigenvalue weighted by atomic mass is 10.0. The monoisotopic (exact) mass is 475 g/mol. The molecule has 1 aromatic rings. The maximum Gasteiger partial charge on any atom is 0.257 e. The van der Waals surface area contributed by atoms with Crippen LogP contribution in [-0.4, -0.2) is 87.2 Å². The van der Waals surface area contributed by atoms with Crippen molar-refractivity contribution in [3.05, 3.63) is 23.8 Å². The smallest absolute Gasteiger partial charge is 0.257 e. The van der Waals surface area contributed by atoms with Gasteiger partial charge in [-0.1, -0.05) is 6.92 Å². The zero-order chi connectivity index (χ0) is 24.8. The molecular formula is C25H37N3O6. The van der Waals surface area contributed by atoms with E-state index in [2.05, 4.69) is 5.32 Å². The maximum absolute atomic E-state index is 13.4. The molecule has 3 rings (SSSR count). The standard InChI is InChI=1S/C25H37N3O6/c1-16-12-28(24(30)10-18-6-7-18)17(2)14-34-21-9-8-19(26-23(29)15-32-4)11-20(21)25(31)27(3)13-22(16)33-5/h8-9,11,16-18,22H,6-7,10,12-15H2,1-5H3,(H,26,29)/t16-,17-,22-/m1/s1. The number of hydrogen-bond acceptors (Lipinski definition) is 6. The molecule has 0 bridgehead atoms. The number of hydrogen-bond donors (Lipinski definition) is 1. The van der Waals surface area contributed by atoms with Crippen molar-refractivity contribution in [1.82, 2.24) is 9.80 Å². The first-order chi connectivity index (χ1) is 16.2. The first-order valence-electron chi connectivity index (χ1n) is 11.9. The summed E-state index contributed by atoms with van der Waals surface area (Å²) in [6, 6.07) is 4.80. The molecule has 2 aliphatic rings. The molecule has 0 aromatic heterocycles. The molecule has 9 heteroatoms. The topological polar surface area (TPSA) is 97.4 Å². The van der Waals surface area contributed by atoms with Gasteiger partial charge in [0.25, 0.3) is 5.91 Å². The Hall–Kier alpha value is -2.65. The summed E-state index contributed by atoms with van der Waals surface area (Å²) in [5.41, 5.74) is 0.813. The molecule has 1 N–H and O–H groups in total. The number of fused-ring (bicyclic) bond motifs is 1. The molecule has 34 heavy (non-hydrogen) atoms. The highest BCUT2D eigenvalue weighted by molar-refractivity contribution is 5.99. The predicted octanol–water partition coefficient (Wildman–Crippen LogP) is 2.40. The Kier molecular flexibility index (Phi) is 8.90. The molecule has 1 aromatic carbocycles. The van der Waals surface area contributed by atoms with Crippen LogP contribution >= 0.6 is 0 Å². The van der Waals surface area contributed by atoms with E-state index in [1.54, 1.807) is 37.3 Å². The summed E-state index contributed by atoms with van der Waals surface area (Å²) < 4.78 is 16.7. The minimum Gasteiger partial charge on any atom is -0.491 e. The molecule has 0 saturated heterocycles. The lowest BCUT2D eigenvalue weighted by molar-refractivity contribution is -0.135. The van der Waals surface area contributed by atoms with Gasteiger partial charge in [-0.15, -0.1) is 0 Å². The maximum atomic E-state index is 13.4. The molecule has 1 fully saturated rings. The van der Waals surface area contributed by atoms with E-state index in [0.29, 0.717) is 42.4 Å². The third kappa shape index (κ3) is 6.70. The van der Waals surface area contributed by atoms with Gasteiger partial charge < -0.3 is 29.3 Å².